The Kier molecular flexibility index (Phi) is 3.34. The maximum absolute atomic E-state index is 12.5. The third-order valence-electron chi connectivity index (χ3n) is 3.90. The molecule has 0 N–H and O–H groups in total. The Morgan fingerprint density at radius 3 is 3.06 bits per heavy atom. The number of carbonyl (C=O) groups excluding carboxylic acids is 1. The summed E-state index contributed by atoms with van der Waals surface area (Å²) in [6.45, 7) is 4.49. The molecule has 0 spiro atoms. The molecule has 2 unspecified atom stereocenters. The van der Waals surface area contributed by atoms with Gasteiger partial charge < -0.3 is 9.74 Å². The summed E-state index contributed by atoms with van der Waals surface area (Å²) >= 11 is 0. The van der Waals surface area contributed by atoms with E-state index in [4.69, 9.17) is 11.3 Å². The van der Waals surface area contributed by atoms with Crippen molar-refractivity contribution < 1.29 is 9.63 Å². The fourth-order valence-electron chi connectivity index (χ4n) is 3.00. The monoisotopic (exact) mass is 248 g/mol. The van der Waals surface area contributed by atoms with E-state index in [9.17, 15) is 4.79 Å². The quantitative estimate of drug-likeness (QED) is 0.713. The summed E-state index contributed by atoms with van der Waals surface area (Å²) in [5, 5.41) is 4.17. The van der Waals surface area contributed by atoms with Crippen molar-refractivity contribution >= 4 is 11.6 Å². The van der Waals surface area contributed by atoms with Crippen LogP contribution in [0.1, 0.15) is 33.1 Å². The van der Waals surface area contributed by atoms with Crippen molar-refractivity contribution in [3.63, 3.8) is 0 Å². The van der Waals surface area contributed by atoms with Crippen LogP contribution >= 0.6 is 0 Å². The molecule has 4 heteroatoms. The SMILES string of the molecule is C#CCN(C)C(=O)C12CCCC1C(C(C)C)=NO2. The number of hydrogen-bond acceptors (Lipinski definition) is 3. The summed E-state index contributed by atoms with van der Waals surface area (Å²) in [7, 11) is 1.73. The zero-order valence-electron chi connectivity index (χ0n) is 11.3. The fraction of sp³-hybridized carbons (Fsp3) is 0.714. The summed E-state index contributed by atoms with van der Waals surface area (Å²) in [5.41, 5.74) is 0.250. The van der Waals surface area contributed by atoms with Crippen molar-refractivity contribution in [3.05, 3.63) is 0 Å². The van der Waals surface area contributed by atoms with E-state index in [-0.39, 0.29) is 11.8 Å². The molecule has 2 atom stereocenters. The van der Waals surface area contributed by atoms with Gasteiger partial charge in [0.05, 0.1) is 18.2 Å². The Morgan fingerprint density at radius 2 is 2.44 bits per heavy atom. The lowest BCUT2D eigenvalue weighted by molar-refractivity contribution is -0.155. The predicted octanol–water partition coefficient (Wildman–Crippen LogP) is 1.66. The van der Waals surface area contributed by atoms with Crippen LogP contribution in [-0.4, -0.2) is 35.7 Å². The molecule has 1 aliphatic heterocycles. The Hall–Kier alpha value is -1.50. The molecular formula is C14H20N2O2. The topological polar surface area (TPSA) is 41.9 Å². The minimum atomic E-state index is -0.773. The molecular weight excluding hydrogens is 228 g/mol. The van der Waals surface area contributed by atoms with Gasteiger partial charge in [-0.3, -0.25) is 4.79 Å². The lowest BCUT2D eigenvalue weighted by Crippen LogP contribution is -2.50. The first-order valence-electron chi connectivity index (χ1n) is 6.48. The number of rotatable bonds is 3. The van der Waals surface area contributed by atoms with Crippen molar-refractivity contribution in [2.45, 2.75) is 38.7 Å². The van der Waals surface area contributed by atoms with Crippen molar-refractivity contribution in [1.29, 1.82) is 0 Å². The van der Waals surface area contributed by atoms with Crippen LogP contribution in [0, 0.1) is 24.2 Å². The summed E-state index contributed by atoms with van der Waals surface area (Å²) in [6, 6.07) is 0. The van der Waals surface area contributed by atoms with Crippen molar-refractivity contribution in [3.8, 4) is 12.3 Å². The Bertz CT molecular complexity index is 422. The lowest BCUT2D eigenvalue weighted by Gasteiger charge is -2.30. The summed E-state index contributed by atoms with van der Waals surface area (Å²) in [5.74, 6) is 2.92. The standard InChI is InChI=1S/C14H20N2O2/c1-5-9-16(4)13(17)14-8-6-7-11(14)12(10(2)3)15-18-14/h1,10-11H,6-9H2,2-4H3. The van der Waals surface area contributed by atoms with Gasteiger partial charge in [-0.1, -0.05) is 24.9 Å². The van der Waals surface area contributed by atoms with Gasteiger partial charge in [0.25, 0.3) is 5.91 Å². The smallest absolute Gasteiger partial charge is 0.270 e. The van der Waals surface area contributed by atoms with Gasteiger partial charge >= 0.3 is 0 Å². The molecule has 1 amide bonds. The predicted molar refractivity (Wildman–Crippen MR) is 69.9 cm³/mol. The number of likely N-dealkylation sites (N-methyl/N-ethyl adjacent to an activating group) is 1. The molecule has 0 saturated heterocycles. The minimum absolute atomic E-state index is 0.0256. The highest BCUT2D eigenvalue weighted by Gasteiger charge is 2.58. The largest absolute Gasteiger partial charge is 0.378 e. The Balaban J connectivity index is 2.23. The molecule has 0 radical (unpaired) electrons. The molecule has 0 aromatic rings. The van der Waals surface area contributed by atoms with Gasteiger partial charge in [-0.25, -0.2) is 0 Å². The van der Waals surface area contributed by atoms with E-state index in [1.807, 2.05) is 0 Å². The fourth-order valence-corrected chi connectivity index (χ4v) is 3.00. The van der Waals surface area contributed by atoms with Crippen molar-refractivity contribution in [2.75, 3.05) is 13.6 Å². The lowest BCUT2D eigenvalue weighted by atomic mass is 9.82. The molecule has 1 aliphatic carbocycles. The second kappa shape index (κ2) is 4.64. The Labute approximate surface area is 108 Å². The van der Waals surface area contributed by atoms with Crippen molar-refractivity contribution in [2.24, 2.45) is 17.0 Å². The highest BCUT2D eigenvalue weighted by Crippen LogP contribution is 2.46. The average molecular weight is 248 g/mol. The minimum Gasteiger partial charge on any atom is -0.378 e. The van der Waals surface area contributed by atoms with Gasteiger partial charge in [0.2, 0.25) is 5.60 Å². The van der Waals surface area contributed by atoms with Crippen LogP contribution in [-0.2, 0) is 9.63 Å². The van der Waals surface area contributed by atoms with E-state index in [1.54, 1.807) is 11.9 Å². The van der Waals surface area contributed by atoms with Crippen LogP contribution in [0.15, 0.2) is 5.16 Å². The number of nitrogens with zero attached hydrogens (tertiary/aromatic N) is 2. The van der Waals surface area contributed by atoms with Gasteiger partial charge in [0.15, 0.2) is 0 Å². The number of carbonyl (C=O) groups is 1. The maximum atomic E-state index is 12.5. The van der Waals surface area contributed by atoms with E-state index in [2.05, 4.69) is 24.9 Å². The molecule has 1 fully saturated rings. The molecule has 1 heterocycles. The molecule has 2 aliphatic rings. The van der Waals surface area contributed by atoms with Crippen LogP contribution in [0.5, 0.6) is 0 Å². The molecule has 1 saturated carbocycles. The van der Waals surface area contributed by atoms with Crippen LogP contribution in [0.2, 0.25) is 0 Å². The van der Waals surface area contributed by atoms with Crippen LogP contribution in [0.3, 0.4) is 0 Å². The van der Waals surface area contributed by atoms with E-state index < -0.39 is 5.60 Å². The highest BCUT2D eigenvalue weighted by atomic mass is 16.7. The summed E-state index contributed by atoms with van der Waals surface area (Å²) in [4.78, 5) is 19.7. The number of fused-ring (bicyclic) bond motifs is 1. The summed E-state index contributed by atoms with van der Waals surface area (Å²) < 4.78 is 0. The zero-order chi connectivity index (χ0) is 13.3. The number of amides is 1. The van der Waals surface area contributed by atoms with Crippen LogP contribution in [0.4, 0.5) is 0 Å². The van der Waals surface area contributed by atoms with Crippen molar-refractivity contribution in [1.82, 2.24) is 4.90 Å². The third-order valence-corrected chi connectivity index (χ3v) is 3.90. The number of terminal acetylenes is 1. The van der Waals surface area contributed by atoms with Gasteiger partial charge in [-0.15, -0.1) is 6.42 Å². The Morgan fingerprint density at radius 1 is 1.72 bits per heavy atom. The van der Waals surface area contributed by atoms with E-state index in [0.717, 1.165) is 25.0 Å². The maximum Gasteiger partial charge on any atom is 0.270 e. The van der Waals surface area contributed by atoms with E-state index in [0.29, 0.717) is 12.5 Å². The normalized spacial score (nSPS) is 29.5. The van der Waals surface area contributed by atoms with Gasteiger partial charge in [-0.2, -0.15) is 0 Å². The zero-order valence-corrected chi connectivity index (χ0v) is 11.3. The molecule has 0 bridgehead atoms. The van der Waals surface area contributed by atoms with Crippen LogP contribution in [0.25, 0.3) is 0 Å². The first-order valence-corrected chi connectivity index (χ1v) is 6.48. The second-order valence-corrected chi connectivity index (χ2v) is 5.46. The van der Waals surface area contributed by atoms with Gasteiger partial charge in [0.1, 0.15) is 0 Å². The van der Waals surface area contributed by atoms with E-state index >= 15 is 0 Å². The average Bonchev–Trinajstić information content (AvgIpc) is 2.86. The number of oxime groups is 1. The second-order valence-electron chi connectivity index (χ2n) is 5.46. The number of hydrogen-bond donors (Lipinski definition) is 0. The highest BCUT2D eigenvalue weighted by molar-refractivity contribution is 5.99. The first kappa shape index (κ1) is 12.9. The third kappa shape index (κ3) is 1.78. The van der Waals surface area contributed by atoms with E-state index in [1.165, 1.54) is 0 Å². The molecule has 98 valence electrons. The molecule has 0 aromatic carbocycles. The summed E-state index contributed by atoms with van der Waals surface area (Å²) in [6.07, 6.45) is 7.99. The molecule has 0 aromatic heterocycles. The van der Waals surface area contributed by atoms with Crippen LogP contribution < -0.4 is 0 Å². The first-order chi connectivity index (χ1) is 8.53. The molecule has 4 nitrogen and oxygen atoms in total. The van der Waals surface area contributed by atoms with Gasteiger partial charge in [-0.05, 0) is 25.2 Å². The molecule has 2 rings (SSSR count). The molecule has 18 heavy (non-hydrogen) atoms. The van der Waals surface area contributed by atoms with Gasteiger partial charge in [0, 0.05) is 7.05 Å².